The topological polar surface area (TPSA) is 93.6 Å². The second-order valence-electron chi connectivity index (χ2n) is 8.50. The van der Waals surface area contributed by atoms with Crippen LogP contribution in [0.3, 0.4) is 0 Å². The molecule has 1 aromatic carbocycles. The van der Waals surface area contributed by atoms with Crippen LogP contribution in [0, 0.1) is 0 Å². The number of carbonyl (C=O) groups is 1. The number of rotatable bonds is 10. The van der Waals surface area contributed by atoms with E-state index in [9.17, 15) is 9.90 Å². The third-order valence-electron chi connectivity index (χ3n) is 6.00. The molecule has 1 fully saturated rings. The minimum atomic E-state index is -0.633. The fraction of sp³-hybridized carbons (Fsp3) is 0.522. The molecular formula is C23H32N6O2S. The van der Waals surface area contributed by atoms with Crippen LogP contribution in [0.15, 0.2) is 36.7 Å². The van der Waals surface area contributed by atoms with Crippen LogP contribution < -0.4 is 10.6 Å². The van der Waals surface area contributed by atoms with Crippen molar-refractivity contribution in [2.75, 3.05) is 56.6 Å². The highest BCUT2D eigenvalue weighted by atomic mass is 32.2. The third kappa shape index (κ3) is 6.19. The van der Waals surface area contributed by atoms with Gasteiger partial charge in [-0.05, 0) is 23.8 Å². The van der Waals surface area contributed by atoms with Crippen molar-refractivity contribution in [3.05, 3.63) is 53.5 Å². The zero-order valence-electron chi connectivity index (χ0n) is 18.5. The molecule has 9 heteroatoms. The smallest absolute Gasteiger partial charge is 0.270 e. The second-order valence-corrected chi connectivity index (χ2v) is 9.49. The maximum Gasteiger partial charge on any atom is 0.270 e. The van der Waals surface area contributed by atoms with Crippen molar-refractivity contribution in [2.24, 2.45) is 0 Å². The van der Waals surface area contributed by atoms with Gasteiger partial charge >= 0.3 is 0 Å². The van der Waals surface area contributed by atoms with Gasteiger partial charge in [-0.15, -0.1) is 0 Å². The highest BCUT2D eigenvalue weighted by Gasteiger charge is 2.26. The number of carbonyl (C=O) groups excluding carboxylic acids is 1. The van der Waals surface area contributed by atoms with Crippen LogP contribution in [0.25, 0.3) is 0 Å². The van der Waals surface area contributed by atoms with E-state index >= 15 is 0 Å². The van der Waals surface area contributed by atoms with E-state index in [1.165, 1.54) is 17.5 Å². The molecule has 0 spiro atoms. The maximum absolute atomic E-state index is 12.5. The SMILES string of the molecule is CSCCN1CC(Nc2cc(C(=O)NCC(O)CN3CCc4ccccc4C3)ncn2)C1. The van der Waals surface area contributed by atoms with Crippen molar-refractivity contribution in [1.82, 2.24) is 25.1 Å². The summed E-state index contributed by atoms with van der Waals surface area (Å²) in [5.74, 6) is 1.50. The number of fused-ring (bicyclic) bond motifs is 1. The van der Waals surface area contributed by atoms with Gasteiger partial charge in [0.15, 0.2) is 0 Å². The van der Waals surface area contributed by atoms with E-state index in [-0.39, 0.29) is 12.5 Å². The van der Waals surface area contributed by atoms with Gasteiger partial charge in [-0.25, -0.2) is 9.97 Å². The number of β-amino-alcohol motifs (C(OH)–C–C–N with tert-alkyl or cyclic N) is 1. The number of nitrogens with zero attached hydrogens (tertiary/aromatic N) is 4. The summed E-state index contributed by atoms with van der Waals surface area (Å²) < 4.78 is 0. The minimum absolute atomic E-state index is 0.191. The Kier molecular flexibility index (Phi) is 7.96. The summed E-state index contributed by atoms with van der Waals surface area (Å²) in [7, 11) is 0. The summed E-state index contributed by atoms with van der Waals surface area (Å²) >= 11 is 1.86. The van der Waals surface area contributed by atoms with Gasteiger partial charge in [0.05, 0.1) is 12.1 Å². The van der Waals surface area contributed by atoms with Crippen molar-refractivity contribution in [2.45, 2.75) is 25.1 Å². The molecule has 1 aromatic heterocycles. The lowest BCUT2D eigenvalue weighted by Gasteiger charge is -2.39. The number of amides is 1. The largest absolute Gasteiger partial charge is 0.390 e. The highest BCUT2D eigenvalue weighted by molar-refractivity contribution is 7.98. The maximum atomic E-state index is 12.5. The fourth-order valence-electron chi connectivity index (χ4n) is 4.21. The standard InChI is InChI=1S/C23H32N6O2S/c1-32-9-8-29-13-19(14-29)27-22-10-21(25-16-26-22)23(31)24-11-20(30)15-28-7-6-17-4-2-3-5-18(17)12-28/h2-5,10,16,19-20,30H,6-9,11-15H2,1H3,(H,24,31)(H,25,26,27). The molecule has 2 aromatic rings. The van der Waals surface area contributed by atoms with Gasteiger partial charge in [-0.2, -0.15) is 11.8 Å². The number of hydrogen-bond donors (Lipinski definition) is 3. The van der Waals surface area contributed by atoms with Gasteiger partial charge < -0.3 is 15.7 Å². The Morgan fingerprint density at radius 1 is 1.25 bits per heavy atom. The van der Waals surface area contributed by atoms with Crippen LogP contribution in [0.5, 0.6) is 0 Å². The Morgan fingerprint density at radius 3 is 2.88 bits per heavy atom. The lowest BCUT2D eigenvalue weighted by atomic mass is 10.00. The number of aliphatic hydroxyl groups excluding tert-OH is 1. The molecule has 4 rings (SSSR count). The monoisotopic (exact) mass is 456 g/mol. The van der Waals surface area contributed by atoms with Crippen molar-refractivity contribution in [3.63, 3.8) is 0 Å². The van der Waals surface area contributed by atoms with E-state index in [2.05, 4.69) is 60.9 Å². The van der Waals surface area contributed by atoms with Crippen LogP contribution in [0.1, 0.15) is 21.6 Å². The zero-order chi connectivity index (χ0) is 22.3. The van der Waals surface area contributed by atoms with Gasteiger partial charge in [0, 0.05) is 57.6 Å². The lowest BCUT2D eigenvalue weighted by molar-refractivity contribution is 0.0838. The molecule has 1 unspecified atom stereocenters. The van der Waals surface area contributed by atoms with Crippen molar-refractivity contribution >= 4 is 23.5 Å². The first-order chi connectivity index (χ1) is 15.6. The quantitative estimate of drug-likeness (QED) is 0.489. The molecule has 0 saturated carbocycles. The van der Waals surface area contributed by atoms with Gasteiger partial charge in [0.2, 0.25) is 0 Å². The first-order valence-electron chi connectivity index (χ1n) is 11.2. The predicted octanol–water partition coefficient (Wildman–Crippen LogP) is 1.08. The van der Waals surface area contributed by atoms with E-state index in [1.807, 2.05) is 11.8 Å². The highest BCUT2D eigenvalue weighted by Crippen LogP contribution is 2.18. The molecule has 0 aliphatic carbocycles. The second kappa shape index (κ2) is 11.1. The normalized spacial score (nSPS) is 17.9. The minimum Gasteiger partial charge on any atom is -0.390 e. The number of benzene rings is 1. The summed E-state index contributed by atoms with van der Waals surface area (Å²) in [6.07, 6.45) is 3.88. The Hall–Kier alpha value is -2.20. The van der Waals surface area contributed by atoms with Gasteiger partial charge in [0.25, 0.3) is 5.91 Å². The van der Waals surface area contributed by atoms with E-state index in [0.717, 1.165) is 44.9 Å². The Bertz CT molecular complexity index is 908. The van der Waals surface area contributed by atoms with Crippen LogP contribution in [-0.4, -0.2) is 94.2 Å². The van der Waals surface area contributed by atoms with Crippen molar-refractivity contribution in [3.8, 4) is 0 Å². The van der Waals surface area contributed by atoms with Gasteiger partial charge in [-0.1, -0.05) is 24.3 Å². The summed E-state index contributed by atoms with van der Waals surface area (Å²) in [4.78, 5) is 25.5. The molecule has 1 amide bonds. The number of likely N-dealkylation sites (tertiary alicyclic amines) is 1. The van der Waals surface area contributed by atoms with Gasteiger partial charge in [-0.3, -0.25) is 14.6 Å². The molecule has 2 aliphatic heterocycles. The van der Waals surface area contributed by atoms with Crippen LogP contribution >= 0.6 is 11.8 Å². The Balaban J connectivity index is 1.20. The fourth-order valence-corrected chi connectivity index (χ4v) is 4.65. The van der Waals surface area contributed by atoms with Crippen LogP contribution in [0.2, 0.25) is 0 Å². The molecule has 172 valence electrons. The summed E-state index contributed by atoms with van der Waals surface area (Å²) in [6.45, 7) is 5.54. The number of nitrogens with one attached hydrogen (secondary N) is 2. The summed E-state index contributed by atoms with van der Waals surface area (Å²) in [5, 5.41) is 16.6. The molecule has 1 atom stereocenters. The molecule has 3 N–H and O–H groups in total. The molecule has 32 heavy (non-hydrogen) atoms. The number of aromatic nitrogens is 2. The van der Waals surface area contributed by atoms with Crippen LogP contribution in [-0.2, 0) is 13.0 Å². The van der Waals surface area contributed by atoms with E-state index in [1.54, 1.807) is 6.07 Å². The van der Waals surface area contributed by atoms with Crippen molar-refractivity contribution in [1.29, 1.82) is 0 Å². The molecule has 1 saturated heterocycles. The average molecular weight is 457 g/mol. The third-order valence-corrected chi connectivity index (χ3v) is 6.59. The van der Waals surface area contributed by atoms with Crippen molar-refractivity contribution < 1.29 is 9.90 Å². The molecule has 3 heterocycles. The van der Waals surface area contributed by atoms with Crippen LogP contribution in [0.4, 0.5) is 5.82 Å². The Morgan fingerprint density at radius 2 is 2.06 bits per heavy atom. The lowest BCUT2D eigenvalue weighted by Crippen LogP contribution is -2.55. The molecule has 0 bridgehead atoms. The number of hydrogen-bond acceptors (Lipinski definition) is 8. The molecule has 2 aliphatic rings. The van der Waals surface area contributed by atoms with E-state index in [4.69, 9.17) is 0 Å². The predicted molar refractivity (Wildman–Crippen MR) is 128 cm³/mol. The molecular weight excluding hydrogens is 424 g/mol. The first kappa shape index (κ1) is 23.0. The molecule has 0 radical (unpaired) electrons. The zero-order valence-corrected chi connectivity index (χ0v) is 19.4. The molecule has 8 nitrogen and oxygen atoms in total. The number of anilines is 1. The number of thioether (sulfide) groups is 1. The van der Waals surface area contributed by atoms with E-state index < -0.39 is 6.10 Å². The summed E-state index contributed by atoms with van der Waals surface area (Å²) in [6, 6.07) is 10.5. The van der Waals surface area contributed by atoms with Gasteiger partial charge in [0.1, 0.15) is 17.8 Å². The van der Waals surface area contributed by atoms with E-state index in [0.29, 0.717) is 24.1 Å². The number of aliphatic hydroxyl groups is 1. The summed E-state index contributed by atoms with van der Waals surface area (Å²) in [5.41, 5.74) is 3.00. The average Bonchev–Trinajstić information content (AvgIpc) is 2.79. The Labute approximate surface area is 193 Å². The first-order valence-corrected chi connectivity index (χ1v) is 12.6.